The lowest BCUT2D eigenvalue weighted by Gasteiger charge is -2.34. The van der Waals surface area contributed by atoms with E-state index in [0.717, 1.165) is 4.57 Å². The Hall–Kier alpha value is -4.01. The van der Waals surface area contributed by atoms with Crippen molar-refractivity contribution in [2.45, 2.75) is 0 Å². The molecule has 1 aromatic heterocycles. The van der Waals surface area contributed by atoms with Crippen LogP contribution < -0.4 is 0 Å². The van der Waals surface area contributed by atoms with Crippen LogP contribution in [0.2, 0.25) is 0 Å². The number of hydrogen-bond donors (Lipinski definition) is 0. The molecule has 33 heavy (non-hydrogen) atoms. The molecule has 8 nitrogen and oxygen atoms in total. The Bertz CT molecular complexity index is 1240. The summed E-state index contributed by atoms with van der Waals surface area (Å²) in [4.78, 5) is 55.4. The Morgan fingerprint density at radius 3 is 2.12 bits per heavy atom. The summed E-state index contributed by atoms with van der Waals surface area (Å²) in [5.41, 5.74) is 0.608. The SMILES string of the molecule is CN(C)C(=O)n1cc(C(=O)C(=O)N2CCN(C(=O)c3ccccc3)CC2)c2c(F)cccc21. The van der Waals surface area contributed by atoms with E-state index in [1.807, 2.05) is 6.07 Å². The fourth-order valence-corrected chi connectivity index (χ4v) is 3.92. The fraction of sp³-hybridized carbons (Fsp3) is 0.250. The summed E-state index contributed by atoms with van der Waals surface area (Å²) in [5, 5.41) is -0.0658. The highest BCUT2D eigenvalue weighted by atomic mass is 19.1. The second-order valence-corrected chi connectivity index (χ2v) is 8.00. The van der Waals surface area contributed by atoms with E-state index in [1.165, 1.54) is 48.3 Å². The van der Waals surface area contributed by atoms with Crippen LogP contribution in [0.1, 0.15) is 20.7 Å². The third kappa shape index (κ3) is 4.09. The Morgan fingerprint density at radius 1 is 0.848 bits per heavy atom. The maximum Gasteiger partial charge on any atom is 0.328 e. The van der Waals surface area contributed by atoms with Crippen LogP contribution in [-0.4, -0.2) is 83.2 Å². The Morgan fingerprint density at radius 2 is 1.48 bits per heavy atom. The Labute approximate surface area is 189 Å². The lowest BCUT2D eigenvalue weighted by atomic mass is 10.1. The molecular weight excluding hydrogens is 427 g/mol. The number of hydrogen-bond acceptors (Lipinski definition) is 4. The van der Waals surface area contributed by atoms with E-state index >= 15 is 0 Å². The zero-order chi connectivity index (χ0) is 23.7. The normalized spacial score (nSPS) is 13.8. The number of carbonyl (C=O) groups is 4. The number of Topliss-reactive ketones (excluding diaryl/α,β-unsaturated/α-hetero) is 1. The Balaban J connectivity index is 1.54. The van der Waals surface area contributed by atoms with Crippen LogP contribution in [0.5, 0.6) is 0 Å². The first kappa shape index (κ1) is 22.2. The standard InChI is InChI=1S/C24H23FN4O4/c1-26(2)24(33)29-15-17(20-18(25)9-6-10-19(20)29)21(30)23(32)28-13-11-27(12-14-28)22(31)16-7-4-3-5-8-16/h3-10,15H,11-14H2,1-2H3. The zero-order valence-corrected chi connectivity index (χ0v) is 18.3. The van der Waals surface area contributed by atoms with Gasteiger partial charge in [0.25, 0.3) is 17.6 Å². The van der Waals surface area contributed by atoms with Gasteiger partial charge in [-0.25, -0.2) is 9.18 Å². The van der Waals surface area contributed by atoms with Crippen molar-refractivity contribution in [1.82, 2.24) is 19.3 Å². The number of fused-ring (bicyclic) bond motifs is 1. The number of piperazine rings is 1. The van der Waals surface area contributed by atoms with Gasteiger partial charge in [-0.3, -0.25) is 19.0 Å². The molecule has 3 aromatic rings. The van der Waals surface area contributed by atoms with Crippen LogP contribution in [-0.2, 0) is 4.79 Å². The van der Waals surface area contributed by atoms with Gasteiger partial charge in [-0.15, -0.1) is 0 Å². The minimum absolute atomic E-state index is 0.0658. The predicted molar refractivity (Wildman–Crippen MR) is 120 cm³/mol. The molecule has 1 aliphatic heterocycles. The highest BCUT2D eigenvalue weighted by Crippen LogP contribution is 2.26. The van der Waals surface area contributed by atoms with Crippen LogP contribution in [0.4, 0.5) is 9.18 Å². The van der Waals surface area contributed by atoms with Crippen molar-refractivity contribution < 1.29 is 23.6 Å². The molecule has 1 fully saturated rings. The molecule has 2 aromatic carbocycles. The number of amides is 3. The summed E-state index contributed by atoms with van der Waals surface area (Å²) in [6.07, 6.45) is 1.21. The molecular formula is C24H23FN4O4. The molecule has 0 spiro atoms. The summed E-state index contributed by atoms with van der Waals surface area (Å²) in [6, 6.07) is 12.5. The van der Waals surface area contributed by atoms with Gasteiger partial charge in [0.15, 0.2) is 0 Å². The van der Waals surface area contributed by atoms with Gasteiger partial charge >= 0.3 is 6.03 Å². The van der Waals surface area contributed by atoms with Gasteiger partial charge in [0.2, 0.25) is 0 Å². The van der Waals surface area contributed by atoms with Gasteiger partial charge in [-0.05, 0) is 24.3 Å². The molecule has 0 aliphatic carbocycles. The van der Waals surface area contributed by atoms with Gasteiger partial charge in [0, 0.05) is 57.4 Å². The maximum absolute atomic E-state index is 14.6. The van der Waals surface area contributed by atoms with Gasteiger partial charge in [0.1, 0.15) is 5.82 Å². The number of nitrogens with zero attached hydrogens (tertiary/aromatic N) is 4. The molecule has 0 N–H and O–H groups in total. The molecule has 170 valence electrons. The monoisotopic (exact) mass is 450 g/mol. The maximum atomic E-state index is 14.6. The molecule has 1 aliphatic rings. The minimum atomic E-state index is -0.891. The summed E-state index contributed by atoms with van der Waals surface area (Å²) in [7, 11) is 3.08. The summed E-state index contributed by atoms with van der Waals surface area (Å²) < 4.78 is 15.8. The van der Waals surface area contributed by atoms with Gasteiger partial charge in [-0.1, -0.05) is 24.3 Å². The molecule has 2 heterocycles. The molecule has 4 rings (SSSR count). The fourth-order valence-electron chi connectivity index (χ4n) is 3.92. The van der Waals surface area contributed by atoms with Crippen molar-refractivity contribution >= 4 is 34.5 Å². The van der Waals surface area contributed by atoms with E-state index in [0.29, 0.717) is 5.56 Å². The molecule has 0 unspecified atom stereocenters. The van der Waals surface area contributed by atoms with E-state index in [9.17, 15) is 23.6 Å². The highest BCUT2D eigenvalue weighted by molar-refractivity contribution is 6.45. The molecule has 0 bridgehead atoms. The van der Waals surface area contributed by atoms with Crippen LogP contribution in [0, 0.1) is 5.82 Å². The number of halogens is 1. The summed E-state index contributed by atoms with van der Waals surface area (Å²) in [6.45, 7) is 0.922. The first-order valence-corrected chi connectivity index (χ1v) is 10.5. The van der Waals surface area contributed by atoms with E-state index in [-0.39, 0.29) is 48.6 Å². The molecule has 9 heteroatoms. The quantitative estimate of drug-likeness (QED) is 0.454. The van der Waals surface area contributed by atoms with Crippen molar-refractivity contribution in [3.8, 4) is 0 Å². The summed E-state index contributed by atoms with van der Waals surface area (Å²) in [5.74, 6) is -2.51. The van der Waals surface area contributed by atoms with E-state index < -0.39 is 23.5 Å². The number of ketones is 1. The lowest BCUT2D eigenvalue weighted by Crippen LogP contribution is -2.52. The highest BCUT2D eigenvalue weighted by Gasteiger charge is 2.32. The van der Waals surface area contributed by atoms with Crippen molar-refractivity contribution in [2.75, 3.05) is 40.3 Å². The lowest BCUT2D eigenvalue weighted by molar-refractivity contribution is -0.127. The number of carbonyl (C=O) groups excluding carboxylic acids is 4. The van der Waals surface area contributed by atoms with Crippen LogP contribution in [0.3, 0.4) is 0 Å². The first-order chi connectivity index (χ1) is 15.8. The van der Waals surface area contributed by atoms with E-state index in [4.69, 9.17) is 0 Å². The number of rotatable bonds is 3. The molecule has 0 saturated carbocycles. The topological polar surface area (TPSA) is 82.9 Å². The average molecular weight is 450 g/mol. The van der Waals surface area contributed by atoms with Gasteiger partial charge in [-0.2, -0.15) is 0 Å². The van der Waals surface area contributed by atoms with E-state index in [1.54, 1.807) is 29.2 Å². The molecule has 0 radical (unpaired) electrons. The van der Waals surface area contributed by atoms with Gasteiger partial charge < -0.3 is 14.7 Å². The van der Waals surface area contributed by atoms with Crippen molar-refractivity contribution in [1.29, 1.82) is 0 Å². The summed E-state index contributed by atoms with van der Waals surface area (Å²) >= 11 is 0. The molecule has 1 saturated heterocycles. The van der Waals surface area contributed by atoms with Crippen LogP contribution in [0.25, 0.3) is 10.9 Å². The Kier molecular flexibility index (Phi) is 5.95. The van der Waals surface area contributed by atoms with Crippen molar-refractivity contribution in [3.05, 3.63) is 71.7 Å². The third-order valence-electron chi connectivity index (χ3n) is 5.68. The van der Waals surface area contributed by atoms with Crippen molar-refractivity contribution in [2.24, 2.45) is 0 Å². The van der Waals surface area contributed by atoms with Crippen LogP contribution in [0.15, 0.2) is 54.7 Å². The third-order valence-corrected chi connectivity index (χ3v) is 5.68. The number of benzene rings is 2. The molecule has 0 atom stereocenters. The van der Waals surface area contributed by atoms with Gasteiger partial charge in [0.05, 0.1) is 11.1 Å². The zero-order valence-electron chi connectivity index (χ0n) is 18.3. The van der Waals surface area contributed by atoms with Crippen LogP contribution >= 0.6 is 0 Å². The number of aromatic nitrogens is 1. The second kappa shape index (κ2) is 8.85. The first-order valence-electron chi connectivity index (χ1n) is 10.5. The smallest absolute Gasteiger partial charge is 0.328 e. The predicted octanol–water partition coefficient (Wildman–Crippen LogP) is 2.48. The second-order valence-electron chi connectivity index (χ2n) is 8.00. The van der Waals surface area contributed by atoms with E-state index in [2.05, 4.69) is 0 Å². The minimum Gasteiger partial charge on any atom is -0.335 e. The molecule has 3 amide bonds. The largest absolute Gasteiger partial charge is 0.335 e. The average Bonchev–Trinajstić information content (AvgIpc) is 3.23. The van der Waals surface area contributed by atoms with Crippen molar-refractivity contribution in [3.63, 3.8) is 0 Å².